The Morgan fingerprint density at radius 1 is 0.337 bits per heavy atom. The summed E-state index contributed by atoms with van der Waals surface area (Å²) in [6, 6.07) is 97.4. The summed E-state index contributed by atoms with van der Waals surface area (Å²) in [5.41, 5.74) is 17.8. The third kappa shape index (κ3) is 13.0. The molecule has 0 bridgehead atoms. The number of hydrogen-bond donors (Lipinski definition) is 0. The second-order valence-electron chi connectivity index (χ2n) is 24.9. The van der Waals surface area contributed by atoms with E-state index in [0.717, 1.165) is 45.3 Å². The maximum atomic E-state index is 10.1. The van der Waals surface area contributed by atoms with Gasteiger partial charge in [-0.05, 0) is 158 Å². The van der Waals surface area contributed by atoms with E-state index in [1.54, 1.807) is 12.2 Å². The van der Waals surface area contributed by atoms with E-state index >= 15 is 0 Å². The van der Waals surface area contributed by atoms with Crippen molar-refractivity contribution in [2.75, 3.05) is 9.80 Å². The van der Waals surface area contributed by atoms with Crippen LogP contribution in [0.15, 0.2) is 314 Å². The SMILES string of the molecule is [C-]#[N+]C(C#N)=C1C=C(/C=C/c2ccc(N(c3ccc(C(C)(C)c4ccccc4)cc3)c3ccc(C(C)(C)c4ccccc4)cc3)cc2)OC(/C=C/c2ccc(N(c3ccc(C(C)(C)c4ccccc4)cc3)c3ccc(C(C)(C)c4ccccc4)cc3)cc2)=C1. The Morgan fingerprint density at radius 3 is 0.787 bits per heavy atom. The predicted molar refractivity (Wildman–Crippen MR) is 371 cm³/mol. The summed E-state index contributed by atoms with van der Waals surface area (Å²) in [4.78, 5) is 8.18. The molecule has 0 amide bonds. The zero-order chi connectivity index (χ0) is 62.2. The van der Waals surface area contributed by atoms with Crippen LogP contribution in [0, 0.1) is 17.9 Å². The van der Waals surface area contributed by atoms with E-state index in [0.29, 0.717) is 17.1 Å². The molecule has 0 radical (unpaired) electrons. The smallest absolute Gasteiger partial charge is 0.269 e. The molecule has 0 saturated carbocycles. The van der Waals surface area contributed by atoms with Crippen LogP contribution in [0.5, 0.6) is 0 Å². The molecule has 436 valence electrons. The molecule has 1 aliphatic heterocycles. The van der Waals surface area contributed by atoms with Crippen molar-refractivity contribution in [1.29, 1.82) is 5.26 Å². The van der Waals surface area contributed by atoms with Crippen molar-refractivity contribution in [3.05, 3.63) is 381 Å². The van der Waals surface area contributed by atoms with Gasteiger partial charge < -0.3 is 14.5 Å². The fourth-order valence-electron chi connectivity index (χ4n) is 11.9. The van der Waals surface area contributed by atoms with Crippen molar-refractivity contribution in [3.63, 3.8) is 0 Å². The number of allylic oxidation sites excluding steroid dienone is 6. The highest BCUT2D eigenvalue weighted by atomic mass is 16.5. The van der Waals surface area contributed by atoms with Crippen molar-refractivity contribution >= 4 is 46.3 Å². The Bertz CT molecular complexity index is 3840. The number of ether oxygens (including phenoxy) is 1. The predicted octanol–water partition coefficient (Wildman–Crippen LogP) is 22.2. The zero-order valence-electron chi connectivity index (χ0n) is 52.1. The molecule has 0 fully saturated rings. The van der Waals surface area contributed by atoms with E-state index in [1.165, 1.54) is 44.5 Å². The molecule has 0 N–H and O–H groups in total. The summed E-state index contributed by atoms with van der Waals surface area (Å²) in [6.45, 7) is 26.1. The number of nitriles is 1. The summed E-state index contributed by atoms with van der Waals surface area (Å²) in [5, 5.41) is 10.1. The summed E-state index contributed by atoms with van der Waals surface area (Å²) in [6.07, 6.45) is 11.3. The van der Waals surface area contributed by atoms with Gasteiger partial charge in [0.05, 0.1) is 12.6 Å². The Balaban J connectivity index is 0.845. The van der Waals surface area contributed by atoms with Crippen LogP contribution >= 0.6 is 0 Å². The van der Waals surface area contributed by atoms with Crippen LogP contribution in [0.2, 0.25) is 0 Å². The fraction of sp³-hybridized carbons (Fsp3) is 0.143. The van der Waals surface area contributed by atoms with E-state index in [2.05, 4.69) is 343 Å². The number of hydrogen-bond acceptors (Lipinski definition) is 4. The van der Waals surface area contributed by atoms with Crippen LogP contribution in [-0.2, 0) is 26.4 Å². The number of nitrogens with zero attached hydrogens (tertiary/aromatic N) is 4. The Morgan fingerprint density at radius 2 is 0.562 bits per heavy atom. The van der Waals surface area contributed by atoms with Crippen molar-refractivity contribution in [3.8, 4) is 6.07 Å². The number of benzene rings is 10. The van der Waals surface area contributed by atoms with Crippen molar-refractivity contribution < 1.29 is 4.74 Å². The van der Waals surface area contributed by atoms with Crippen LogP contribution in [-0.4, -0.2) is 0 Å². The van der Waals surface area contributed by atoms with Gasteiger partial charge in [-0.15, -0.1) is 0 Å². The van der Waals surface area contributed by atoms with Crippen LogP contribution in [0.25, 0.3) is 17.0 Å². The minimum Gasteiger partial charge on any atom is -0.457 e. The van der Waals surface area contributed by atoms with Gasteiger partial charge in [0.25, 0.3) is 5.70 Å². The van der Waals surface area contributed by atoms with E-state index in [1.807, 2.05) is 24.3 Å². The largest absolute Gasteiger partial charge is 0.457 e. The minimum atomic E-state index is -0.182. The van der Waals surface area contributed by atoms with Gasteiger partial charge in [0, 0.05) is 55.8 Å². The summed E-state index contributed by atoms with van der Waals surface area (Å²) >= 11 is 0. The maximum absolute atomic E-state index is 10.1. The van der Waals surface area contributed by atoms with Gasteiger partial charge in [0.2, 0.25) is 0 Å². The molecular formula is C84H74N4O. The van der Waals surface area contributed by atoms with E-state index in [9.17, 15) is 5.26 Å². The standard InChI is InChI=1S/C84H74N4O/c1-81(2,64-22-14-10-15-23-64)68-36-48-74(49-37-68)87(75-50-38-69(39-51-75)82(3,4)65-24-16-11-17-25-65)72-44-30-61(31-45-72)34-56-78-58-63(80(60-85)86-9)59-79(89-78)57-35-62-32-46-73(47-33-62)88(76-52-40-70(41-53-76)83(5,6)66-26-18-12-19-27-66)77-54-42-71(43-55-77)84(7,8)67-28-20-13-21-29-67/h10-59H,1-8H3/b56-34+,57-35+. The molecule has 10 aromatic carbocycles. The summed E-state index contributed by atoms with van der Waals surface area (Å²) in [5.74, 6) is 1.01. The van der Waals surface area contributed by atoms with Gasteiger partial charge in [0.15, 0.2) is 0 Å². The van der Waals surface area contributed by atoms with Gasteiger partial charge in [-0.25, -0.2) is 10.1 Å². The highest BCUT2D eigenvalue weighted by Crippen LogP contribution is 2.42. The van der Waals surface area contributed by atoms with Crippen LogP contribution in [0.4, 0.5) is 34.1 Å². The highest BCUT2D eigenvalue weighted by molar-refractivity contribution is 5.79. The van der Waals surface area contributed by atoms with E-state index in [4.69, 9.17) is 11.3 Å². The normalized spacial score (nSPS) is 12.8. The molecule has 0 unspecified atom stereocenters. The second-order valence-corrected chi connectivity index (χ2v) is 24.9. The lowest BCUT2D eigenvalue weighted by Crippen LogP contribution is -2.19. The first kappa shape index (κ1) is 60.0. The third-order valence-electron chi connectivity index (χ3n) is 17.9. The van der Waals surface area contributed by atoms with Gasteiger partial charge >= 0.3 is 0 Å². The molecule has 0 aliphatic carbocycles. The number of anilines is 6. The zero-order valence-corrected chi connectivity index (χ0v) is 52.1. The molecule has 1 aliphatic rings. The molecule has 0 atom stereocenters. The molecule has 0 aromatic heterocycles. The van der Waals surface area contributed by atoms with Crippen LogP contribution in [0.3, 0.4) is 0 Å². The first-order valence-electron chi connectivity index (χ1n) is 30.5. The average Bonchev–Trinajstić information content (AvgIpc) is 1.50. The quantitative estimate of drug-likeness (QED) is 0.0634. The molecular weight excluding hydrogens is 1080 g/mol. The third-order valence-corrected chi connectivity index (χ3v) is 17.9. The van der Waals surface area contributed by atoms with Crippen molar-refractivity contribution in [1.82, 2.24) is 0 Å². The Kier molecular flexibility index (Phi) is 17.3. The number of rotatable bonds is 18. The van der Waals surface area contributed by atoms with Crippen molar-refractivity contribution in [2.45, 2.75) is 77.0 Å². The summed E-state index contributed by atoms with van der Waals surface area (Å²) in [7, 11) is 0. The van der Waals surface area contributed by atoms with E-state index < -0.39 is 0 Å². The fourth-order valence-corrected chi connectivity index (χ4v) is 11.9. The Labute approximate surface area is 527 Å². The highest BCUT2D eigenvalue weighted by Gasteiger charge is 2.28. The monoisotopic (exact) mass is 1150 g/mol. The molecule has 1 heterocycles. The lowest BCUT2D eigenvalue weighted by atomic mass is 9.78. The first-order chi connectivity index (χ1) is 43.0. The molecule has 0 spiro atoms. The molecule has 11 rings (SSSR count). The lowest BCUT2D eigenvalue weighted by molar-refractivity contribution is 0.332. The molecule has 89 heavy (non-hydrogen) atoms. The molecule has 5 nitrogen and oxygen atoms in total. The topological polar surface area (TPSA) is 43.9 Å². The minimum absolute atomic E-state index is 0.0133. The summed E-state index contributed by atoms with van der Waals surface area (Å²) < 4.78 is 6.49. The van der Waals surface area contributed by atoms with Crippen LogP contribution in [0.1, 0.15) is 111 Å². The second kappa shape index (κ2) is 25.7. The maximum Gasteiger partial charge on any atom is 0.269 e. The first-order valence-corrected chi connectivity index (χ1v) is 30.5. The van der Waals surface area contributed by atoms with Gasteiger partial charge in [-0.2, -0.15) is 0 Å². The van der Waals surface area contributed by atoms with Crippen LogP contribution < -0.4 is 9.80 Å². The van der Waals surface area contributed by atoms with E-state index in [-0.39, 0.29) is 27.4 Å². The molecule has 10 aromatic rings. The van der Waals surface area contributed by atoms with Gasteiger partial charge in [0.1, 0.15) is 11.5 Å². The molecule has 0 saturated heterocycles. The average molecular weight is 1160 g/mol. The Hall–Kier alpha value is -10.7. The van der Waals surface area contributed by atoms with Crippen molar-refractivity contribution in [2.24, 2.45) is 0 Å². The lowest BCUT2D eigenvalue weighted by Gasteiger charge is -2.30. The van der Waals surface area contributed by atoms with Gasteiger partial charge in [-0.3, -0.25) is 0 Å². The van der Waals surface area contributed by atoms with Gasteiger partial charge in [-0.1, -0.05) is 262 Å². The molecule has 5 heteroatoms.